The molecule has 1 saturated carbocycles. The Kier molecular flexibility index (Phi) is 6.51. The third kappa shape index (κ3) is 4.20. The maximum absolute atomic E-state index is 9.99. The summed E-state index contributed by atoms with van der Waals surface area (Å²) in [6.07, 6.45) is 10.4. The van der Waals surface area contributed by atoms with Gasteiger partial charge in [0.1, 0.15) is 0 Å². The second-order valence-electron chi connectivity index (χ2n) is 7.58. The Balaban J connectivity index is 1.91. The average molecular weight is 296 g/mol. The third-order valence-corrected chi connectivity index (χ3v) is 5.80. The highest BCUT2D eigenvalue weighted by Gasteiger charge is 2.42. The Morgan fingerprint density at radius 2 is 2.05 bits per heavy atom. The number of aliphatic hydroxyl groups is 1. The highest BCUT2D eigenvalue weighted by molar-refractivity contribution is 5.00. The topological polar surface area (TPSA) is 35.5 Å². The van der Waals surface area contributed by atoms with E-state index in [2.05, 4.69) is 31.0 Å². The summed E-state index contributed by atoms with van der Waals surface area (Å²) in [7, 11) is 0. The third-order valence-electron chi connectivity index (χ3n) is 5.80. The van der Waals surface area contributed by atoms with Crippen molar-refractivity contribution >= 4 is 0 Å². The van der Waals surface area contributed by atoms with Crippen LogP contribution < -0.4 is 5.32 Å². The van der Waals surface area contributed by atoms with Crippen LogP contribution in [0.1, 0.15) is 72.1 Å². The lowest BCUT2D eigenvalue weighted by Crippen LogP contribution is -2.54. The van der Waals surface area contributed by atoms with Gasteiger partial charge in [0.05, 0.1) is 6.61 Å². The van der Waals surface area contributed by atoms with Crippen LogP contribution in [0.2, 0.25) is 0 Å². The minimum Gasteiger partial charge on any atom is -0.394 e. The molecule has 2 N–H and O–H groups in total. The number of hydrogen-bond acceptors (Lipinski definition) is 3. The molecule has 3 nitrogen and oxygen atoms in total. The summed E-state index contributed by atoms with van der Waals surface area (Å²) in [5.41, 5.74) is -0.00827. The molecular formula is C18H36N2O. The van der Waals surface area contributed by atoms with Crippen molar-refractivity contribution in [3.63, 3.8) is 0 Å². The van der Waals surface area contributed by atoms with Crippen LogP contribution in [0.5, 0.6) is 0 Å². The molecule has 3 unspecified atom stereocenters. The van der Waals surface area contributed by atoms with E-state index in [0.717, 1.165) is 12.5 Å². The smallest absolute Gasteiger partial charge is 0.0616 e. The first kappa shape index (κ1) is 17.2. The fourth-order valence-electron chi connectivity index (χ4n) is 4.72. The summed E-state index contributed by atoms with van der Waals surface area (Å²) in [4.78, 5) is 2.72. The van der Waals surface area contributed by atoms with Gasteiger partial charge < -0.3 is 15.3 Å². The van der Waals surface area contributed by atoms with Crippen molar-refractivity contribution in [1.29, 1.82) is 0 Å². The van der Waals surface area contributed by atoms with Crippen LogP contribution in [-0.2, 0) is 0 Å². The van der Waals surface area contributed by atoms with Crippen molar-refractivity contribution in [3.05, 3.63) is 0 Å². The van der Waals surface area contributed by atoms with Gasteiger partial charge in [-0.1, -0.05) is 33.6 Å². The molecule has 3 atom stereocenters. The zero-order valence-corrected chi connectivity index (χ0v) is 14.4. The van der Waals surface area contributed by atoms with Gasteiger partial charge >= 0.3 is 0 Å². The van der Waals surface area contributed by atoms with Gasteiger partial charge in [0.2, 0.25) is 0 Å². The van der Waals surface area contributed by atoms with Crippen LogP contribution in [0.4, 0.5) is 0 Å². The zero-order chi connectivity index (χ0) is 15.3. The summed E-state index contributed by atoms with van der Waals surface area (Å²) in [6, 6.07) is 1.26. The Morgan fingerprint density at radius 1 is 1.24 bits per heavy atom. The molecule has 1 aliphatic carbocycles. The summed E-state index contributed by atoms with van der Waals surface area (Å²) in [5.74, 6) is 0.643. The quantitative estimate of drug-likeness (QED) is 0.757. The summed E-state index contributed by atoms with van der Waals surface area (Å²) in [5, 5.41) is 13.7. The highest BCUT2D eigenvalue weighted by atomic mass is 16.3. The molecule has 0 radical (unpaired) electrons. The van der Waals surface area contributed by atoms with Crippen molar-refractivity contribution < 1.29 is 5.11 Å². The normalized spacial score (nSPS) is 34.7. The first-order valence-electron chi connectivity index (χ1n) is 9.24. The monoisotopic (exact) mass is 296 g/mol. The number of nitrogens with one attached hydrogen (secondary N) is 1. The molecule has 1 heterocycles. The molecule has 3 heteroatoms. The molecule has 2 aliphatic rings. The van der Waals surface area contributed by atoms with E-state index in [9.17, 15) is 5.11 Å². The molecular weight excluding hydrogens is 260 g/mol. The molecule has 2 fully saturated rings. The first-order valence-corrected chi connectivity index (χ1v) is 9.24. The lowest BCUT2D eigenvalue weighted by molar-refractivity contribution is 0.0878. The molecule has 0 aromatic heterocycles. The van der Waals surface area contributed by atoms with Crippen molar-refractivity contribution in [2.45, 2.75) is 89.8 Å². The molecule has 0 bridgehead atoms. The predicted octanol–water partition coefficient (Wildman–Crippen LogP) is 3.17. The highest BCUT2D eigenvalue weighted by Crippen LogP contribution is 2.38. The molecule has 0 spiro atoms. The van der Waals surface area contributed by atoms with Gasteiger partial charge in [0.15, 0.2) is 0 Å². The first-order chi connectivity index (χ1) is 10.1. The van der Waals surface area contributed by atoms with Crippen molar-refractivity contribution in [3.8, 4) is 0 Å². The molecule has 124 valence electrons. The molecule has 1 saturated heterocycles. The Morgan fingerprint density at radius 3 is 2.71 bits per heavy atom. The van der Waals surface area contributed by atoms with Crippen molar-refractivity contribution in [2.75, 3.05) is 19.7 Å². The zero-order valence-electron chi connectivity index (χ0n) is 14.4. The summed E-state index contributed by atoms with van der Waals surface area (Å²) < 4.78 is 0. The van der Waals surface area contributed by atoms with Crippen molar-refractivity contribution in [1.82, 2.24) is 10.2 Å². The largest absolute Gasteiger partial charge is 0.394 e. The molecule has 0 aromatic rings. The van der Waals surface area contributed by atoms with Gasteiger partial charge in [-0.05, 0) is 57.5 Å². The van der Waals surface area contributed by atoms with E-state index in [1.165, 1.54) is 58.0 Å². The minimum atomic E-state index is -0.00827. The molecule has 0 aromatic carbocycles. The summed E-state index contributed by atoms with van der Waals surface area (Å²) in [6.45, 7) is 9.54. The van der Waals surface area contributed by atoms with E-state index in [4.69, 9.17) is 0 Å². The Hall–Kier alpha value is -0.120. The minimum absolute atomic E-state index is 0.00827. The molecule has 0 amide bonds. The van der Waals surface area contributed by atoms with Gasteiger partial charge in [-0.25, -0.2) is 0 Å². The number of likely N-dealkylation sites (tertiary alicyclic amines) is 1. The second kappa shape index (κ2) is 7.94. The van der Waals surface area contributed by atoms with Gasteiger partial charge in [-0.3, -0.25) is 0 Å². The van der Waals surface area contributed by atoms with Gasteiger partial charge in [0, 0.05) is 17.6 Å². The van der Waals surface area contributed by atoms with Crippen molar-refractivity contribution in [2.24, 2.45) is 5.92 Å². The molecule has 2 rings (SSSR count). The van der Waals surface area contributed by atoms with E-state index in [1.54, 1.807) is 0 Å². The van der Waals surface area contributed by atoms with E-state index in [-0.39, 0.29) is 5.54 Å². The second-order valence-corrected chi connectivity index (χ2v) is 7.58. The average Bonchev–Trinajstić information content (AvgIpc) is 2.87. The lowest BCUT2D eigenvalue weighted by atomic mass is 9.84. The van der Waals surface area contributed by atoms with E-state index >= 15 is 0 Å². The lowest BCUT2D eigenvalue weighted by Gasteiger charge is -2.40. The number of aliphatic hydroxyl groups excluding tert-OH is 1. The maximum Gasteiger partial charge on any atom is 0.0616 e. The van der Waals surface area contributed by atoms with E-state index in [1.807, 2.05) is 0 Å². The fourth-order valence-corrected chi connectivity index (χ4v) is 4.72. The SMILES string of the molecule is CCC1CCCCN1CCC1CCCC1(CO)NC(C)C. The number of hydrogen-bond donors (Lipinski definition) is 2. The fraction of sp³-hybridized carbons (Fsp3) is 1.00. The van der Waals surface area contributed by atoms with Gasteiger partial charge in [-0.15, -0.1) is 0 Å². The predicted molar refractivity (Wildman–Crippen MR) is 89.5 cm³/mol. The van der Waals surface area contributed by atoms with Crippen LogP contribution in [-0.4, -0.2) is 47.3 Å². The van der Waals surface area contributed by atoms with E-state index in [0.29, 0.717) is 18.6 Å². The van der Waals surface area contributed by atoms with Gasteiger partial charge in [-0.2, -0.15) is 0 Å². The summed E-state index contributed by atoms with van der Waals surface area (Å²) >= 11 is 0. The van der Waals surface area contributed by atoms with Crippen LogP contribution >= 0.6 is 0 Å². The van der Waals surface area contributed by atoms with Crippen LogP contribution in [0.3, 0.4) is 0 Å². The Labute approximate surface area is 131 Å². The van der Waals surface area contributed by atoms with E-state index < -0.39 is 0 Å². The maximum atomic E-state index is 9.99. The number of nitrogens with zero attached hydrogens (tertiary/aromatic N) is 1. The van der Waals surface area contributed by atoms with Crippen LogP contribution in [0.25, 0.3) is 0 Å². The number of piperidine rings is 1. The molecule has 21 heavy (non-hydrogen) atoms. The van der Waals surface area contributed by atoms with Gasteiger partial charge in [0.25, 0.3) is 0 Å². The molecule has 1 aliphatic heterocycles. The standard InChI is InChI=1S/C18H36N2O/c1-4-17-9-5-6-12-20(17)13-10-16-8-7-11-18(16,14-21)19-15(2)3/h15-17,19,21H,4-14H2,1-3H3. The van der Waals surface area contributed by atoms with Crippen LogP contribution in [0, 0.1) is 5.92 Å². The van der Waals surface area contributed by atoms with Crippen LogP contribution in [0.15, 0.2) is 0 Å². The Bertz CT molecular complexity index is 308. The number of rotatable bonds is 7.